The standard InChI is InChI=1S/C36H41FN2O3/c1-36(2)22-28-21-26(11-15-33(28)38-36)31-7-4-6-25-20-27(35(40)41-3)10-14-32(25)34(31)24-8-12-29(13-9-24)42-30-16-19-39(23-30)18-5-17-37/h8-15,20-21,30,38H,4-7,16-19,22-23H2,1-3H3. The van der Waals surface area contributed by atoms with Gasteiger partial charge in [0.15, 0.2) is 0 Å². The van der Waals surface area contributed by atoms with Crippen LogP contribution in [0.2, 0.25) is 0 Å². The summed E-state index contributed by atoms with van der Waals surface area (Å²) in [7, 11) is 1.43. The minimum atomic E-state index is -0.307. The molecule has 3 aliphatic rings. The SMILES string of the molecule is COC(=O)c1ccc2c(c1)CCCC(c1ccc3c(c1)CC(C)(C)N3)=C2c1ccc(OC2CCN(CCCF)C2)cc1. The smallest absolute Gasteiger partial charge is 0.337 e. The van der Waals surface area contributed by atoms with Gasteiger partial charge in [0.25, 0.3) is 0 Å². The minimum absolute atomic E-state index is 0.0535. The number of fused-ring (bicyclic) bond motifs is 2. The maximum atomic E-state index is 12.6. The second kappa shape index (κ2) is 11.9. The fourth-order valence-corrected chi connectivity index (χ4v) is 6.86. The summed E-state index contributed by atoms with van der Waals surface area (Å²) >= 11 is 0. The molecule has 6 rings (SSSR count). The maximum absolute atomic E-state index is 12.6. The maximum Gasteiger partial charge on any atom is 0.337 e. The molecule has 1 N–H and O–H groups in total. The van der Waals surface area contributed by atoms with Crippen molar-refractivity contribution < 1.29 is 18.7 Å². The van der Waals surface area contributed by atoms with Crippen LogP contribution in [-0.4, -0.2) is 55.9 Å². The Morgan fingerprint density at radius 1 is 1.02 bits per heavy atom. The number of esters is 1. The summed E-state index contributed by atoms with van der Waals surface area (Å²) in [5.74, 6) is 0.553. The number of aryl methyl sites for hydroxylation is 1. The largest absolute Gasteiger partial charge is 0.489 e. The lowest BCUT2D eigenvalue weighted by Gasteiger charge is -2.19. The molecule has 1 fully saturated rings. The van der Waals surface area contributed by atoms with Crippen LogP contribution in [0.3, 0.4) is 0 Å². The van der Waals surface area contributed by atoms with E-state index < -0.39 is 0 Å². The molecule has 42 heavy (non-hydrogen) atoms. The highest BCUT2D eigenvalue weighted by atomic mass is 19.1. The molecule has 6 heteroatoms. The average molecular weight is 569 g/mol. The number of carbonyl (C=O) groups excluding carboxylic acids is 1. The van der Waals surface area contributed by atoms with Crippen LogP contribution in [0.5, 0.6) is 5.75 Å². The molecule has 0 aromatic heterocycles. The summed E-state index contributed by atoms with van der Waals surface area (Å²) in [6.07, 6.45) is 5.51. The van der Waals surface area contributed by atoms with Gasteiger partial charge < -0.3 is 14.8 Å². The summed E-state index contributed by atoms with van der Waals surface area (Å²) < 4.78 is 24.0. The average Bonchev–Trinajstić information content (AvgIpc) is 3.50. The summed E-state index contributed by atoms with van der Waals surface area (Å²) in [5.41, 5.74) is 10.5. The molecule has 0 bridgehead atoms. The highest BCUT2D eigenvalue weighted by Crippen LogP contribution is 2.42. The first-order chi connectivity index (χ1) is 20.3. The number of alkyl halides is 1. The fourth-order valence-electron chi connectivity index (χ4n) is 6.86. The molecule has 1 saturated heterocycles. The molecule has 2 aliphatic heterocycles. The Labute approximate surface area is 248 Å². The zero-order valence-electron chi connectivity index (χ0n) is 25.0. The van der Waals surface area contributed by atoms with Crippen molar-refractivity contribution in [1.82, 2.24) is 4.90 Å². The molecule has 1 unspecified atom stereocenters. The minimum Gasteiger partial charge on any atom is -0.489 e. The van der Waals surface area contributed by atoms with Crippen molar-refractivity contribution in [3.63, 3.8) is 0 Å². The number of hydrogen-bond acceptors (Lipinski definition) is 5. The Hall–Kier alpha value is -3.64. The van der Waals surface area contributed by atoms with E-state index in [-0.39, 0.29) is 24.3 Å². The lowest BCUT2D eigenvalue weighted by atomic mass is 9.86. The van der Waals surface area contributed by atoms with Crippen molar-refractivity contribution in [2.24, 2.45) is 0 Å². The Kier molecular flexibility index (Phi) is 8.09. The van der Waals surface area contributed by atoms with Crippen molar-refractivity contribution >= 4 is 22.8 Å². The molecule has 0 radical (unpaired) electrons. The number of allylic oxidation sites excluding steroid dienone is 1. The van der Waals surface area contributed by atoms with Crippen molar-refractivity contribution in [2.75, 3.05) is 38.7 Å². The van der Waals surface area contributed by atoms with Crippen LogP contribution in [0.15, 0.2) is 60.7 Å². The van der Waals surface area contributed by atoms with Gasteiger partial charge in [-0.25, -0.2) is 4.79 Å². The van der Waals surface area contributed by atoms with Gasteiger partial charge in [-0.1, -0.05) is 24.3 Å². The third kappa shape index (κ3) is 5.96. The predicted octanol–water partition coefficient (Wildman–Crippen LogP) is 7.33. The van der Waals surface area contributed by atoms with Crippen LogP contribution in [0.1, 0.15) is 77.7 Å². The van der Waals surface area contributed by atoms with Crippen molar-refractivity contribution in [3.05, 3.63) is 94.0 Å². The number of carbonyl (C=O) groups is 1. The van der Waals surface area contributed by atoms with Gasteiger partial charge in [-0.15, -0.1) is 0 Å². The van der Waals surface area contributed by atoms with Gasteiger partial charge in [0.2, 0.25) is 0 Å². The van der Waals surface area contributed by atoms with E-state index in [4.69, 9.17) is 9.47 Å². The first-order valence-electron chi connectivity index (χ1n) is 15.3. The first-order valence-corrected chi connectivity index (χ1v) is 15.3. The first kappa shape index (κ1) is 28.5. The number of likely N-dealkylation sites (tertiary alicyclic amines) is 1. The lowest BCUT2D eigenvalue weighted by molar-refractivity contribution is 0.0600. The number of rotatable bonds is 8. The number of ether oxygens (including phenoxy) is 2. The zero-order chi connectivity index (χ0) is 29.3. The Morgan fingerprint density at radius 2 is 1.83 bits per heavy atom. The summed E-state index contributed by atoms with van der Waals surface area (Å²) in [6.45, 7) is 6.81. The summed E-state index contributed by atoms with van der Waals surface area (Å²) in [4.78, 5) is 14.6. The number of nitrogens with zero attached hydrogens (tertiary/aromatic N) is 1. The molecule has 3 aromatic rings. The molecule has 0 amide bonds. The quantitative estimate of drug-likeness (QED) is 0.289. The van der Waals surface area contributed by atoms with Gasteiger partial charge in [-0.3, -0.25) is 9.29 Å². The Balaban J connectivity index is 1.36. The molecule has 0 saturated carbocycles. The van der Waals surface area contributed by atoms with Crippen LogP contribution in [0.4, 0.5) is 10.1 Å². The van der Waals surface area contributed by atoms with Crippen LogP contribution < -0.4 is 10.1 Å². The zero-order valence-corrected chi connectivity index (χ0v) is 25.0. The number of benzene rings is 3. The third-order valence-electron chi connectivity index (χ3n) is 8.81. The Morgan fingerprint density at radius 3 is 2.62 bits per heavy atom. The molecule has 2 heterocycles. The van der Waals surface area contributed by atoms with Gasteiger partial charge in [-0.05, 0) is 128 Å². The van der Waals surface area contributed by atoms with Crippen LogP contribution in [0.25, 0.3) is 11.1 Å². The van der Waals surface area contributed by atoms with E-state index in [0.29, 0.717) is 12.0 Å². The number of methoxy groups -OCH3 is 1. The van der Waals surface area contributed by atoms with Crippen molar-refractivity contribution in [1.29, 1.82) is 0 Å². The molecule has 1 atom stereocenters. The molecule has 1 aliphatic carbocycles. The number of anilines is 1. The van der Waals surface area contributed by atoms with Crippen molar-refractivity contribution in [3.8, 4) is 5.75 Å². The van der Waals surface area contributed by atoms with E-state index in [2.05, 4.69) is 72.6 Å². The van der Waals surface area contributed by atoms with E-state index in [0.717, 1.165) is 63.1 Å². The van der Waals surface area contributed by atoms with Crippen LogP contribution >= 0.6 is 0 Å². The van der Waals surface area contributed by atoms with E-state index in [1.807, 2.05) is 12.1 Å². The molecular weight excluding hydrogens is 527 g/mol. The highest BCUT2D eigenvalue weighted by Gasteiger charge is 2.29. The van der Waals surface area contributed by atoms with Gasteiger partial charge in [0, 0.05) is 30.9 Å². The van der Waals surface area contributed by atoms with Crippen LogP contribution in [0, 0.1) is 0 Å². The van der Waals surface area contributed by atoms with Gasteiger partial charge in [0.05, 0.1) is 19.3 Å². The molecule has 220 valence electrons. The normalized spacial score (nSPS) is 19.6. The van der Waals surface area contributed by atoms with Crippen LogP contribution in [-0.2, 0) is 17.6 Å². The van der Waals surface area contributed by atoms with E-state index in [9.17, 15) is 9.18 Å². The second-order valence-electron chi connectivity index (χ2n) is 12.5. The van der Waals surface area contributed by atoms with E-state index in [1.165, 1.54) is 46.2 Å². The second-order valence-corrected chi connectivity index (χ2v) is 12.5. The molecule has 3 aromatic carbocycles. The van der Waals surface area contributed by atoms with Gasteiger partial charge in [0.1, 0.15) is 11.9 Å². The van der Waals surface area contributed by atoms with E-state index in [1.54, 1.807) is 0 Å². The number of hydrogen-bond donors (Lipinski definition) is 1. The molecular formula is C36H41FN2O3. The molecule has 0 spiro atoms. The van der Waals surface area contributed by atoms with Gasteiger partial charge >= 0.3 is 5.97 Å². The number of nitrogens with one attached hydrogen (secondary N) is 1. The topological polar surface area (TPSA) is 50.8 Å². The van der Waals surface area contributed by atoms with E-state index >= 15 is 0 Å². The van der Waals surface area contributed by atoms with Crippen molar-refractivity contribution in [2.45, 2.75) is 64.0 Å². The summed E-state index contributed by atoms with van der Waals surface area (Å²) in [5, 5.41) is 3.65. The van der Waals surface area contributed by atoms with Gasteiger partial charge in [-0.2, -0.15) is 0 Å². The molecule has 5 nitrogen and oxygen atoms in total. The number of halogens is 1. The summed E-state index contributed by atoms with van der Waals surface area (Å²) in [6, 6.07) is 21.3. The highest BCUT2D eigenvalue weighted by molar-refractivity contribution is 6.01. The lowest BCUT2D eigenvalue weighted by Crippen LogP contribution is -2.26. The predicted molar refractivity (Wildman–Crippen MR) is 167 cm³/mol. The monoisotopic (exact) mass is 568 g/mol. The Bertz CT molecular complexity index is 1490. The fraction of sp³-hybridized carbons (Fsp3) is 0.417. The third-order valence-corrected chi connectivity index (χ3v) is 8.81.